The highest BCUT2D eigenvalue weighted by atomic mass is 16.5. The van der Waals surface area contributed by atoms with E-state index >= 15 is 0 Å². The lowest BCUT2D eigenvalue weighted by Gasteiger charge is -2.15. The summed E-state index contributed by atoms with van der Waals surface area (Å²) < 4.78 is 10.5. The van der Waals surface area contributed by atoms with Crippen molar-refractivity contribution in [2.45, 2.75) is 32.2 Å². The minimum absolute atomic E-state index is 0.0448. The molecule has 1 unspecified atom stereocenters. The Morgan fingerprint density at radius 3 is 2.60 bits per heavy atom. The molecule has 0 aromatic heterocycles. The van der Waals surface area contributed by atoms with Crippen LogP contribution in [0.4, 0.5) is 0 Å². The van der Waals surface area contributed by atoms with Crippen molar-refractivity contribution in [3.8, 4) is 11.5 Å². The van der Waals surface area contributed by atoms with Gasteiger partial charge in [-0.3, -0.25) is 4.79 Å². The van der Waals surface area contributed by atoms with Crippen molar-refractivity contribution in [1.29, 1.82) is 0 Å². The van der Waals surface area contributed by atoms with Gasteiger partial charge in [0.25, 0.3) is 0 Å². The van der Waals surface area contributed by atoms with Crippen LogP contribution in [-0.2, 0) is 11.2 Å². The quantitative estimate of drug-likeness (QED) is 0.756. The summed E-state index contributed by atoms with van der Waals surface area (Å²) in [6.07, 6.45) is 1.94. The van der Waals surface area contributed by atoms with Gasteiger partial charge in [-0.25, -0.2) is 0 Å². The zero-order valence-electron chi connectivity index (χ0n) is 12.4. The van der Waals surface area contributed by atoms with Crippen LogP contribution in [0.25, 0.3) is 0 Å². The molecular formula is C15H24N2O3. The van der Waals surface area contributed by atoms with Crippen molar-refractivity contribution in [3.63, 3.8) is 0 Å². The minimum atomic E-state index is 0.0448. The van der Waals surface area contributed by atoms with Crippen LogP contribution in [0.2, 0.25) is 0 Å². The van der Waals surface area contributed by atoms with Crippen molar-refractivity contribution >= 4 is 5.91 Å². The lowest BCUT2D eigenvalue weighted by molar-refractivity contribution is -0.121. The maximum absolute atomic E-state index is 11.6. The van der Waals surface area contributed by atoms with Gasteiger partial charge in [0.15, 0.2) is 11.5 Å². The molecule has 20 heavy (non-hydrogen) atoms. The molecule has 112 valence electrons. The Hall–Kier alpha value is -1.75. The van der Waals surface area contributed by atoms with Gasteiger partial charge in [0.1, 0.15) is 0 Å². The molecule has 1 aromatic rings. The monoisotopic (exact) mass is 280 g/mol. The first-order valence-corrected chi connectivity index (χ1v) is 6.81. The Bertz CT molecular complexity index is 435. The highest BCUT2D eigenvalue weighted by Crippen LogP contribution is 2.27. The van der Waals surface area contributed by atoms with Gasteiger partial charge in [-0.15, -0.1) is 0 Å². The number of hydrogen-bond acceptors (Lipinski definition) is 4. The van der Waals surface area contributed by atoms with E-state index in [0.717, 1.165) is 18.4 Å². The average Bonchev–Trinajstić information content (AvgIpc) is 2.44. The largest absolute Gasteiger partial charge is 0.493 e. The molecule has 1 atom stereocenters. The molecular weight excluding hydrogens is 256 g/mol. The number of benzene rings is 1. The topological polar surface area (TPSA) is 73.6 Å². The number of hydrogen-bond donors (Lipinski definition) is 2. The van der Waals surface area contributed by atoms with Crippen LogP contribution in [0.15, 0.2) is 18.2 Å². The standard InChI is InChI=1S/C15H24N2O3/c1-11(17-15(18)5-4-8-16)9-12-6-7-13(19-2)14(10-12)20-3/h6-7,10-11H,4-5,8-9,16H2,1-3H3,(H,17,18). The van der Waals surface area contributed by atoms with Gasteiger partial charge in [-0.1, -0.05) is 6.07 Å². The number of methoxy groups -OCH3 is 2. The second-order valence-electron chi connectivity index (χ2n) is 4.75. The average molecular weight is 280 g/mol. The fourth-order valence-corrected chi connectivity index (χ4v) is 2.02. The molecule has 5 nitrogen and oxygen atoms in total. The van der Waals surface area contributed by atoms with Gasteiger partial charge in [0, 0.05) is 12.5 Å². The molecule has 1 rings (SSSR count). The highest BCUT2D eigenvalue weighted by molar-refractivity contribution is 5.76. The number of carbonyl (C=O) groups excluding carboxylic acids is 1. The first-order valence-electron chi connectivity index (χ1n) is 6.81. The van der Waals surface area contributed by atoms with Crippen molar-refractivity contribution < 1.29 is 14.3 Å². The molecule has 1 amide bonds. The summed E-state index contributed by atoms with van der Waals surface area (Å²) in [4.78, 5) is 11.6. The van der Waals surface area contributed by atoms with Crippen LogP contribution in [-0.4, -0.2) is 32.7 Å². The van der Waals surface area contributed by atoms with E-state index in [1.807, 2.05) is 25.1 Å². The van der Waals surface area contributed by atoms with Crippen molar-refractivity contribution in [1.82, 2.24) is 5.32 Å². The van der Waals surface area contributed by atoms with E-state index in [9.17, 15) is 4.79 Å². The zero-order chi connectivity index (χ0) is 15.0. The molecule has 0 saturated heterocycles. The molecule has 0 heterocycles. The Balaban J connectivity index is 2.57. The van der Waals surface area contributed by atoms with Gasteiger partial charge < -0.3 is 20.5 Å². The molecule has 0 radical (unpaired) electrons. The van der Waals surface area contributed by atoms with Crippen LogP contribution < -0.4 is 20.5 Å². The maximum atomic E-state index is 11.6. The summed E-state index contributed by atoms with van der Waals surface area (Å²) in [5.41, 5.74) is 6.48. The summed E-state index contributed by atoms with van der Waals surface area (Å²) in [6.45, 7) is 2.52. The lowest BCUT2D eigenvalue weighted by Crippen LogP contribution is -2.34. The molecule has 5 heteroatoms. The summed E-state index contributed by atoms with van der Waals surface area (Å²) in [7, 11) is 3.22. The van der Waals surface area contributed by atoms with Crippen LogP contribution in [0, 0.1) is 0 Å². The third kappa shape index (κ3) is 5.09. The molecule has 0 fully saturated rings. The molecule has 1 aromatic carbocycles. The van der Waals surface area contributed by atoms with E-state index in [0.29, 0.717) is 24.5 Å². The summed E-state index contributed by atoms with van der Waals surface area (Å²) in [6, 6.07) is 5.85. The predicted molar refractivity (Wildman–Crippen MR) is 79.1 cm³/mol. The maximum Gasteiger partial charge on any atom is 0.220 e. The number of nitrogens with one attached hydrogen (secondary N) is 1. The molecule has 0 aliphatic carbocycles. The Labute approximate surface area is 120 Å². The molecule has 0 bridgehead atoms. The minimum Gasteiger partial charge on any atom is -0.493 e. The third-order valence-corrected chi connectivity index (χ3v) is 3.01. The van der Waals surface area contributed by atoms with Gasteiger partial charge in [-0.05, 0) is 44.0 Å². The number of carbonyl (C=O) groups is 1. The van der Waals surface area contributed by atoms with E-state index < -0.39 is 0 Å². The second kappa shape index (κ2) is 8.43. The number of rotatable bonds is 8. The molecule has 0 aliphatic rings. The van der Waals surface area contributed by atoms with Crippen LogP contribution in [0.1, 0.15) is 25.3 Å². The second-order valence-corrected chi connectivity index (χ2v) is 4.75. The Morgan fingerprint density at radius 2 is 2.00 bits per heavy atom. The van der Waals surface area contributed by atoms with E-state index in [1.165, 1.54) is 0 Å². The third-order valence-electron chi connectivity index (χ3n) is 3.01. The van der Waals surface area contributed by atoms with Gasteiger partial charge in [-0.2, -0.15) is 0 Å². The molecule has 0 saturated carbocycles. The predicted octanol–water partition coefficient (Wildman–Crippen LogP) is 1.49. The Kier molecular flexibility index (Phi) is 6.87. The van der Waals surface area contributed by atoms with E-state index in [-0.39, 0.29) is 11.9 Å². The number of amides is 1. The molecule has 0 aliphatic heterocycles. The normalized spacial score (nSPS) is 11.8. The smallest absolute Gasteiger partial charge is 0.220 e. The van der Waals surface area contributed by atoms with Crippen LogP contribution in [0.3, 0.4) is 0 Å². The molecule has 3 N–H and O–H groups in total. The van der Waals surface area contributed by atoms with Crippen molar-refractivity contribution in [3.05, 3.63) is 23.8 Å². The first-order chi connectivity index (χ1) is 9.60. The zero-order valence-corrected chi connectivity index (χ0v) is 12.4. The fraction of sp³-hybridized carbons (Fsp3) is 0.533. The summed E-state index contributed by atoms with van der Waals surface area (Å²) >= 11 is 0. The van der Waals surface area contributed by atoms with Crippen LogP contribution in [0.5, 0.6) is 11.5 Å². The van der Waals surface area contributed by atoms with Crippen LogP contribution >= 0.6 is 0 Å². The summed E-state index contributed by atoms with van der Waals surface area (Å²) in [5.74, 6) is 1.45. The van der Waals surface area contributed by atoms with Gasteiger partial charge >= 0.3 is 0 Å². The Morgan fingerprint density at radius 1 is 1.30 bits per heavy atom. The van der Waals surface area contributed by atoms with Gasteiger partial charge in [0.2, 0.25) is 5.91 Å². The van der Waals surface area contributed by atoms with Gasteiger partial charge in [0.05, 0.1) is 14.2 Å². The SMILES string of the molecule is COc1ccc(CC(C)NC(=O)CCCN)cc1OC. The van der Waals surface area contributed by atoms with E-state index in [2.05, 4.69) is 5.32 Å². The lowest BCUT2D eigenvalue weighted by atomic mass is 10.1. The van der Waals surface area contributed by atoms with E-state index in [1.54, 1.807) is 14.2 Å². The molecule has 0 spiro atoms. The fourth-order valence-electron chi connectivity index (χ4n) is 2.02. The number of ether oxygens (including phenoxy) is 2. The number of nitrogens with two attached hydrogens (primary N) is 1. The summed E-state index contributed by atoms with van der Waals surface area (Å²) in [5, 5.41) is 2.96. The van der Waals surface area contributed by atoms with E-state index in [4.69, 9.17) is 15.2 Å². The van der Waals surface area contributed by atoms with Crippen molar-refractivity contribution in [2.75, 3.05) is 20.8 Å². The highest BCUT2D eigenvalue weighted by Gasteiger charge is 2.10. The first kappa shape index (κ1) is 16.3. The van der Waals surface area contributed by atoms with Crippen molar-refractivity contribution in [2.24, 2.45) is 5.73 Å².